The molecule has 0 aliphatic carbocycles. The molecule has 0 aromatic rings. The monoisotopic (exact) mass is 287 g/mol. The van der Waals surface area contributed by atoms with Gasteiger partial charge < -0.3 is 14.4 Å². The third kappa shape index (κ3) is 6.40. The van der Waals surface area contributed by atoms with Crippen LogP contribution in [-0.4, -0.2) is 53.2 Å². The molecule has 2 amide bonds. The molecule has 0 aromatic heterocycles. The van der Waals surface area contributed by atoms with Crippen molar-refractivity contribution >= 4 is 18.1 Å². The topological polar surface area (TPSA) is 82.9 Å². The predicted octanol–water partition coefficient (Wildman–Crippen LogP) is 2.65. The molecule has 0 spiro atoms. The molecule has 20 heavy (non-hydrogen) atoms. The van der Waals surface area contributed by atoms with Crippen LogP contribution in [-0.2, 0) is 9.47 Å². The first-order chi connectivity index (χ1) is 8.74. The second-order valence-corrected chi connectivity index (χ2v) is 6.51. The van der Waals surface area contributed by atoms with Crippen molar-refractivity contribution in [2.24, 2.45) is 0 Å². The van der Waals surface area contributed by atoms with Crippen LogP contribution >= 0.6 is 0 Å². The molecule has 7 heteroatoms. The lowest BCUT2D eigenvalue weighted by Gasteiger charge is -2.30. The zero-order valence-corrected chi connectivity index (χ0v) is 13.5. The number of hydrogen-bond donors (Lipinski definition) is 1. The molecule has 0 saturated heterocycles. The Morgan fingerprint density at radius 3 is 1.35 bits per heavy atom. The van der Waals surface area contributed by atoms with E-state index in [4.69, 9.17) is 14.9 Å². The molecule has 0 unspecified atom stereocenters. The number of carbonyl (C=O) groups excluding carboxylic acids is 2. The van der Waals surface area contributed by atoms with Crippen LogP contribution in [0.2, 0.25) is 0 Å². The summed E-state index contributed by atoms with van der Waals surface area (Å²) in [5, 5.41) is 7.83. The summed E-state index contributed by atoms with van der Waals surface area (Å²) in [7, 11) is 3.09. The maximum atomic E-state index is 12.1. The average Bonchev–Trinajstić information content (AvgIpc) is 2.10. The Kier molecular flexibility index (Phi) is 5.56. The molecule has 0 radical (unpaired) electrons. The van der Waals surface area contributed by atoms with E-state index in [1.165, 1.54) is 4.90 Å². The van der Waals surface area contributed by atoms with Crippen LogP contribution < -0.4 is 0 Å². The van der Waals surface area contributed by atoms with Crippen LogP contribution in [0.5, 0.6) is 0 Å². The molecule has 0 aliphatic rings. The highest BCUT2D eigenvalue weighted by atomic mass is 16.6. The largest absolute Gasteiger partial charge is 0.443 e. The third-order valence-electron chi connectivity index (χ3n) is 1.79. The van der Waals surface area contributed by atoms with Gasteiger partial charge in [0.05, 0.1) is 0 Å². The Labute approximate surface area is 120 Å². The van der Waals surface area contributed by atoms with Crippen LogP contribution in [0, 0.1) is 5.41 Å². The van der Waals surface area contributed by atoms with E-state index in [-0.39, 0.29) is 5.96 Å². The number of nitrogens with zero attached hydrogens (tertiary/aromatic N) is 2. The van der Waals surface area contributed by atoms with E-state index >= 15 is 0 Å². The maximum Gasteiger partial charge on any atom is 0.427 e. The van der Waals surface area contributed by atoms with Gasteiger partial charge in [-0.25, -0.2) is 9.59 Å². The average molecular weight is 287 g/mol. The fraction of sp³-hybridized carbons (Fsp3) is 0.769. The van der Waals surface area contributed by atoms with E-state index in [0.29, 0.717) is 4.90 Å². The van der Waals surface area contributed by atoms with Gasteiger partial charge in [0.15, 0.2) is 0 Å². The number of amides is 2. The number of hydrogen-bond acceptors (Lipinski definition) is 5. The van der Waals surface area contributed by atoms with Crippen LogP contribution in [0.15, 0.2) is 0 Å². The Bertz CT molecular complexity index is 363. The number of ether oxygens (including phenoxy) is 2. The van der Waals surface area contributed by atoms with Gasteiger partial charge in [0, 0.05) is 14.1 Å². The van der Waals surface area contributed by atoms with Gasteiger partial charge in [0.1, 0.15) is 11.2 Å². The lowest BCUT2D eigenvalue weighted by molar-refractivity contribution is 0.0128. The lowest BCUT2D eigenvalue weighted by atomic mass is 10.2. The SMILES string of the molecule is CN(C)C(=N)N(C(=O)OC(C)(C)C)C(=O)OC(C)(C)C. The molecule has 7 nitrogen and oxygen atoms in total. The second-order valence-electron chi connectivity index (χ2n) is 6.51. The van der Waals surface area contributed by atoms with Crippen LogP contribution in [0.25, 0.3) is 0 Å². The molecular weight excluding hydrogens is 262 g/mol. The Balaban J connectivity index is 5.25. The van der Waals surface area contributed by atoms with Crippen molar-refractivity contribution in [1.82, 2.24) is 9.80 Å². The molecule has 0 atom stereocenters. The number of imide groups is 1. The summed E-state index contributed by atoms with van der Waals surface area (Å²) in [5.74, 6) is -0.325. The Morgan fingerprint density at radius 2 is 1.15 bits per heavy atom. The first kappa shape index (κ1) is 18.2. The molecule has 0 aliphatic heterocycles. The van der Waals surface area contributed by atoms with E-state index in [9.17, 15) is 9.59 Å². The normalized spacial score (nSPS) is 11.6. The quantitative estimate of drug-likeness (QED) is 0.547. The van der Waals surface area contributed by atoms with Crippen molar-refractivity contribution in [3.63, 3.8) is 0 Å². The molecule has 1 N–H and O–H groups in total. The smallest absolute Gasteiger partial charge is 0.427 e. The van der Waals surface area contributed by atoms with Crippen molar-refractivity contribution in [3.8, 4) is 0 Å². The molecular formula is C13H25N3O4. The minimum atomic E-state index is -0.939. The number of nitrogens with one attached hydrogen (secondary N) is 1. The van der Waals surface area contributed by atoms with Gasteiger partial charge in [0.2, 0.25) is 5.96 Å². The van der Waals surface area contributed by atoms with Gasteiger partial charge in [-0.15, -0.1) is 4.90 Å². The van der Waals surface area contributed by atoms with Crippen LogP contribution in [0.4, 0.5) is 9.59 Å². The van der Waals surface area contributed by atoms with Gasteiger partial charge in [-0.3, -0.25) is 5.41 Å². The highest BCUT2D eigenvalue weighted by Crippen LogP contribution is 2.15. The van der Waals surface area contributed by atoms with Gasteiger partial charge in [-0.05, 0) is 41.5 Å². The minimum absolute atomic E-state index is 0.325. The van der Waals surface area contributed by atoms with E-state index in [1.807, 2.05) is 0 Å². The third-order valence-corrected chi connectivity index (χ3v) is 1.79. The van der Waals surface area contributed by atoms with Gasteiger partial charge in [-0.1, -0.05) is 0 Å². The van der Waals surface area contributed by atoms with Crippen molar-refractivity contribution in [2.75, 3.05) is 14.1 Å². The molecule has 0 rings (SSSR count). The van der Waals surface area contributed by atoms with Gasteiger partial charge in [0.25, 0.3) is 0 Å². The standard InChI is InChI=1S/C13H25N3O4/c1-12(2,3)19-10(17)16(9(14)15(7)8)11(18)20-13(4,5)6/h14H,1-8H3. The van der Waals surface area contributed by atoms with Gasteiger partial charge >= 0.3 is 12.2 Å². The number of rotatable bonds is 0. The maximum absolute atomic E-state index is 12.1. The van der Waals surface area contributed by atoms with Crippen LogP contribution in [0.1, 0.15) is 41.5 Å². The highest BCUT2D eigenvalue weighted by Gasteiger charge is 2.35. The Hall–Kier alpha value is -1.79. The van der Waals surface area contributed by atoms with E-state index in [1.54, 1.807) is 55.6 Å². The highest BCUT2D eigenvalue weighted by molar-refractivity contribution is 6.06. The summed E-state index contributed by atoms with van der Waals surface area (Å²) in [4.78, 5) is 26.0. The molecule has 0 aromatic carbocycles. The first-order valence-corrected chi connectivity index (χ1v) is 6.26. The summed E-state index contributed by atoms with van der Waals surface area (Å²) in [6, 6.07) is 0. The summed E-state index contributed by atoms with van der Waals surface area (Å²) in [5.41, 5.74) is -1.55. The predicted molar refractivity (Wildman–Crippen MR) is 75.7 cm³/mol. The number of guanidine groups is 1. The van der Waals surface area contributed by atoms with Crippen LogP contribution in [0.3, 0.4) is 0 Å². The van der Waals surface area contributed by atoms with Crippen molar-refractivity contribution in [1.29, 1.82) is 5.41 Å². The van der Waals surface area contributed by atoms with Crippen molar-refractivity contribution < 1.29 is 19.1 Å². The number of carbonyl (C=O) groups is 2. The zero-order valence-electron chi connectivity index (χ0n) is 13.5. The van der Waals surface area contributed by atoms with E-state index in [2.05, 4.69) is 0 Å². The summed E-state index contributed by atoms with van der Waals surface area (Å²) in [6.07, 6.45) is -1.88. The molecule has 0 saturated carbocycles. The summed E-state index contributed by atoms with van der Waals surface area (Å²) < 4.78 is 10.3. The fourth-order valence-electron chi connectivity index (χ4n) is 1.06. The second kappa shape index (κ2) is 6.11. The molecule has 0 fully saturated rings. The Morgan fingerprint density at radius 1 is 0.850 bits per heavy atom. The zero-order chi connectivity index (χ0) is 16.3. The molecule has 0 heterocycles. The first-order valence-electron chi connectivity index (χ1n) is 6.26. The summed E-state index contributed by atoms with van der Waals surface area (Å²) in [6.45, 7) is 10.1. The minimum Gasteiger partial charge on any atom is -0.443 e. The summed E-state index contributed by atoms with van der Waals surface area (Å²) >= 11 is 0. The van der Waals surface area contributed by atoms with Crippen molar-refractivity contribution in [2.45, 2.75) is 52.7 Å². The lowest BCUT2D eigenvalue weighted by Crippen LogP contribution is -2.50. The molecule has 116 valence electrons. The molecule has 0 bridgehead atoms. The fourth-order valence-corrected chi connectivity index (χ4v) is 1.06. The van der Waals surface area contributed by atoms with E-state index < -0.39 is 23.4 Å². The van der Waals surface area contributed by atoms with E-state index in [0.717, 1.165) is 0 Å². The van der Waals surface area contributed by atoms with Crippen molar-refractivity contribution in [3.05, 3.63) is 0 Å². The van der Waals surface area contributed by atoms with Gasteiger partial charge in [-0.2, -0.15) is 0 Å².